The van der Waals surface area contributed by atoms with E-state index in [2.05, 4.69) is 24.6 Å². The number of ether oxygens (including phenoxy) is 1. The summed E-state index contributed by atoms with van der Waals surface area (Å²) in [6.07, 6.45) is -0.763. The van der Waals surface area contributed by atoms with Crippen LogP contribution in [0.5, 0.6) is 0 Å². The Balaban J connectivity index is 2.86. The number of nitrogens with zero attached hydrogens (tertiary/aromatic N) is 3. The summed E-state index contributed by atoms with van der Waals surface area (Å²) in [6, 6.07) is 0. The Kier molecular flexibility index (Phi) is 3.72. The van der Waals surface area contributed by atoms with Gasteiger partial charge in [-0.15, -0.1) is 0 Å². The van der Waals surface area contributed by atoms with Crippen LogP contribution in [0, 0.1) is 0 Å². The zero-order valence-electron chi connectivity index (χ0n) is 7.87. The minimum absolute atomic E-state index is 0.0317. The van der Waals surface area contributed by atoms with Crippen LogP contribution in [0.15, 0.2) is 5.16 Å². The second-order valence-electron chi connectivity index (χ2n) is 2.29. The SMILES string of the molecule is COC(=O)Nc1nc(/C(=N/O)C(=O)O)ns1. The molecule has 0 spiro atoms. The van der Waals surface area contributed by atoms with Crippen LogP contribution in [-0.4, -0.2) is 44.6 Å². The van der Waals surface area contributed by atoms with Gasteiger partial charge in [-0.3, -0.25) is 5.32 Å². The van der Waals surface area contributed by atoms with Crippen molar-refractivity contribution < 1.29 is 24.6 Å². The summed E-state index contributed by atoms with van der Waals surface area (Å²) in [5.74, 6) is -1.78. The lowest BCUT2D eigenvalue weighted by molar-refractivity contribution is -0.129. The van der Waals surface area contributed by atoms with E-state index in [1.165, 1.54) is 0 Å². The summed E-state index contributed by atoms with van der Waals surface area (Å²) in [6.45, 7) is 0. The highest BCUT2D eigenvalue weighted by Crippen LogP contribution is 2.11. The van der Waals surface area contributed by atoms with Crippen molar-refractivity contribution in [1.82, 2.24) is 9.36 Å². The van der Waals surface area contributed by atoms with Gasteiger partial charge in [-0.05, 0) is 0 Å². The van der Waals surface area contributed by atoms with Crippen molar-refractivity contribution in [1.29, 1.82) is 0 Å². The van der Waals surface area contributed by atoms with Gasteiger partial charge < -0.3 is 15.1 Å². The van der Waals surface area contributed by atoms with Crippen molar-refractivity contribution in [3.8, 4) is 0 Å². The first-order valence-corrected chi connectivity index (χ1v) is 4.50. The number of carboxylic acids is 1. The minimum atomic E-state index is -1.48. The number of amides is 1. The first-order chi connectivity index (χ1) is 7.58. The predicted octanol–water partition coefficient (Wildman–Crippen LogP) is -0.0207. The number of methoxy groups -OCH3 is 1. The number of hydrogen-bond donors (Lipinski definition) is 3. The van der Waals surface area contributed by atoms with E-state index in [0.717, 1.165) is 18.6 Å². The van der Waals surface area contributed by atoms with Crippen LogP contribution in [-0.2, 0) is 9.53 Å². The molecule has 3 N–H and O–H groups in total. The first kappa shape index (κ1) is 11.8. The van der Waals surface area contributed by atoms with Crippen molar-refractivity contribution in [3.63, 3.8) is 0 Å². The summed E-state index contributed by atoms with van der Waals surface area (Å²) in [4.78, 5) is 24.9. The fourth-order valence-corrected chi connectivity index (χ4v) is 1.25. The number of carbonyl (C=O) groups is 2. The van der Waals surface area contributed by atoms with Crippen LogP contribution in [0.4, 0.5) is 9.93 Å². The van der Waals surface area contributed by atoms with Crippen molar-refractivity contribution >= 4 is 34.4 Å². The molecule has 0 aliphatic carbocycles. The third kappa shape index (κ3) is 2.63. The first-order valence-electron chi connectivity index (χ1n) is 3.73. The number of anilines is 1. The maximum atomic E-state index is 10.8. The lowest BCUT2D eigenvalue weighted by atomic mass is 10.4. The largest absolute Gasteiger partial charge is 0.476 e. The fraction of sp³-hybridized carbons (Fsp3) is 0.167. The van der Waals surface area contributed by atoms with Gasteiger partial charge in [-0.1, -0.05) is 5.16 Å². The lowest BCUT2D eigenvalue weighted by Crippen LogP contribution is -2.16. The summed E-state index contributed by atoms with van der Waals surface area (Å²) >= 11 is 0.726. The fourth-order valence-electron chi connectivity index (χ4n) is 0.692. The van der Waals surface area contributed by atoms with Gasteiger partial charge in [-0.25, -0.2) is 9.59 Å². The smallest absolute Gasteiger partial charge is 0.413 e. The molecule has 0 atom stereocenters. The standard InChI is InChI=1S/C6H6N4O5S/c1-15-6(13)8-5-7-3(10-16-5)2(9-14)4(11)12/h14H,1H3,(H,11,12)(H,7,8,10,13)/b9-2-. The molecule has 1 rings (SSSR count). The molecule has 0 saturated heterocycles. The number of aliphatic carboxylic acids is 1. The molecule has 0 fully saturated rings. The number of carbonyl (C=O) groups excluding carboxylic acids is 1. The van der Waals surface area contributed by atoms with Crippen molar-refractivity contribution in [2.24, 2.45) is 5.16 Å². The number of nitrogens with one attached hydrogen (secondary N) is 1. The maximum absolute atomic E-state index is 10.8. The van der Waals surface area contributed by atoms with Crippen LogP contribution in [0.25, 0.3) is 0 Å². The van der Waals surface area contributed by atoms with Gasteiger partial charge in [0, 0.05) is 11.5 Å². The molecule has 1 amide bonds. The van der Waals surface area contributed by atoms with Gasteiger partial charge in [-0.2, -0.15) is 9.36 Å². The van der Waals surface area contributed by atoms with E-state index in [1.54, 1.807) is 0 Å². The van der Waals surface area contributed by atoms with E-state index in [4.69, 9.17) is 10.3 Å². The number of carboxylic acid groups (broad SMARTS) is 1. The molecule has 0 aliphatic rings. The molecule has 10 heteroatoms. The third-order valence-electron chi connectivity index (χ3n) is 1.33. The molecule has 1 heterocycles. The van der Waals surface area contributed by atoms with E-state index in [0.29, 0.717) is 0 Å². The minimum Gasteiger partial charge on any atom is -0.476 e. The number of oxime groups is 1. The highest BCUT2D eigenvalue weighted by atomic mass is 32.1. The Labute approximate surface area is 92.5 Å². The Morgan fingerprint density at radius 3 is 2.75 bits per heavy atom. The van der Waals surface area contributed by atoms with Crippen LogP contribution in [0.1, 0.15) is 5.82 Å². The summed E-state index contributed by atoms with van der Waals surface area (Å²) in [5.41, 5.74) is -0.714. The normalized spacial score (nSPS) is 10.9. The monoisotopic (exact) mass is 246 g/mol. The van der Waals surface area contributed by atoms with Gasteiger partial charge in [0.1, 0.15) is 0 Å². The van der Waals surface area contributed by atoms with Gasteiger partial charge in [0.2, 0.25) is 16.7 Å². The van der Waals surface area contributed by atoms with E-state index < -0.39 is 17.8 Å². The zero-order chi connectivity index (χ0) is 12.1. The highest BCUT2D eigenvalue weighted by molar-refractivity contribution is 7.10. The van der Waals surface area contributed by atoms with Crippen LogP contribution in [0.3, 0.4) is 0 Å². The van der Waals surface area contributed by atoms with E-state index >= 15 is 0 Å². The van der Waals surface area contributed by atoms with Gasteiger partial charge in [0.05, 0.1) is 7.11 Å². The molecule has 0 unspecified atom stereocenters. The molecule has 0 bridgehead atoms. The van der Waals surface area contributed by atoms with Crippen molar-refractivity contribution in [2.75, 3.05) is 12.4 Å². The van der Waals surface area contributed by atoms with Crippen LogP contribution < -0.4 is 5.32 Å². The van der Waals surface area contributed by atoms with Crippen LogP contribution >= 0.6 is 11.5 Å². The molecule has 16 heavy (non-hydrogen) atoms. The molecule has 1 aromatic rings. The molecule has 9 nitrogen and oxygen atoms in total. The number of aromatic nitrogens is 2. The number of hydrogen-bond acceptors (Lipinski definition) is 8. The van der Waals surface area contributed by atoms with E-state index in [9.17, 15) is 9.59 Å². The quantitative estimate of drug-likeness (QED) is 0.387. The Hall–Kier alpha value is -2.23. The molecule has 0 aromatic carbocycles. The average Bonchev–Trinajstić information content (AvgIpc) is 2.66. The lowest BCUT2D eigenvalue weighted by Gasteiger charge is -1.96. The summed E-state index contributed by atoms with van der Waals surface area (Å²) in [5, 5.41) is 21.7. The van der Waals surface area contributed by atoms with Crippen molar-refractivity contribution in [3.05, 3.63) is 5.82 Å². The zero-order valence-corrected chi connectivity index (χ0v) is 8.69. The second-order valence-corrected chi connectivity index (χ2v) is 3.05. The molecular weight excluding hydrogens is 240 g/mol. The Morgan fingerprint density at radius 2 is 2.25 bits per heavy atom. The Bertz CT molecular complexity index is 442. The molecule has 0 saturated carbocycles. The molecule has 0 aliphatic heterocycles. The van der Waals surface area contributed by atoms with Gasteiger partial charge in [0.25, 0.3) is 0 Å². The van der Waals surface area contributed by atoms with E-state index in [-0.39, 0.29) is 11.0 Å². The second kappa shape index (κ2) is 5.02. The molecule has 1 aromatic heterocycles. The molecule has 0 radical (unpaired) electrons. The summed E-state index contributed by atoms with van der Waals surface area (Å²) < 4.78 is 7.88. The topological polar surface area (TPSA) is 134 Å². The third-order valence-corrected chi connectivity index (χ3v) is 1.97. The average molecular weight is 246 g/mol. The van der Waals surface area contributed by atoms with Crippen LogP contribution in [0.2, 0.25) is 0 Å². The van der Waals surface area contributed by atoms with Gasteiger partial charge >= 0.3 is 12.1 Å². The van der Waals surface area contributed by atoms with Gasteiger partial charge in [0.15, 0.2) is 0 Å². The Morgan fingerprint density at radius 1 is 1.56 bits per heavy atom. The molecule has 86 valence electrons. The highest BCUT2D eigenvalue weighted by Gasteiger charge is 2.19. The summed E-state index contributed by atoms with van der Waals surface area (Å²) in [7, 11) is 1.16. The number of rotatable bonds is 3. The maximum Gasteiger partial charge on any atom is 0.413 e. The van der Waals surface area contributed by atoms with E-state index in [1.807, 2.05) is 0 Å². The molecular formula is C6H6N4O5S. The van der Waals surface area contributed by atoms with Crippen molar-refractivity contribution in [2.45, 2.75) is 0 Å². The predicted molar refractivity (Wildman–Crippen MR) is 51.9 cm³/mol.